The molecule has 9 nitrogen and oxygen atoms in total. The topological polar surface area (TPSA) is 120 Å². The first-order valence-electron chi connectivity index (χ1n) is 9.76. The van der Waals surface area contributed by atoms with Crippen LogP contribution in [0.4, 0.5) is 0 Å². The van der Waals surface area contributed by atoms with Crippen molar-refractivity contribution in [2.75, 3.05) is 32.1 Å². The Morgan fingerprint density at radius 2 is 1.93 bits per heavy atom. The van der Waals surface area contributed by atoms with E-state index >= 15 is 0 Å². The van der Waals surface area contributed by atoms with E-state index in [1.807, 2.05) is 13.8 Å². The largest absolute Gasteiger partial charge is 0.475 e. The van der Waals surface area contributed by atoms with Gasteiger partial charge < -0.3 is 10.6 Å². The van der Waals surface area contributed by atoms with E-state index in [-0.39, 0.29) is 37.2 Å². The molecule has 0 bridgehead atoms. The van der Waals surface area contributed by atoms with Crippen LogP contribution in [0.25, 0.3) is 0 Å². The molecule has 0 aromatic heterocycles. The fourth-order valence-corrected chi connectivity index (χ4v) is 5.01. The Labute approximate surface area is 177 Å². The zero-order valence-corrected chi connectivity index (χ0v) is 19.5. The van der Waals surface area contributed by atoms with E-state index in [0.717, 1.165) is 0 Å². The van der Waals surface area contributed by atoms with Gasteiger partial charge in [-0.05, 0) is 12.8 Å². The van der Waals surface area contributed by atoms with Gasteiger partial charge in [-0.25, -0.2) is 4.57 Å². The van der Waals surface area contributed by atoms with Crippen LogP contribution >= 0.6 is 19.6 Å². The third-order valence-electron chi connectivity index (χ3n) is 3.98. The van der Waals surface area contributed by atoms with Crippen molar-refractivity contribution in [3.63, 3.8) is 0 Å². The fourth-order valence-electron chi connectivity index (χ4n) is 2.48. The number of amides is 2. The van der Waals surface area contributed by atoms with E-state index in [1.165, 1.54) is 11.8 Å². The molecule has 0 spiro atoms. The van der Waals surface area contributed by atoms with Crippen molar-refractivity contribution >= 4 is 36.5 Å². The third-order valence-corrected chi connectivity index (χ3v) is 6.36. The number of hydrogen-bond acceptors (Lipinski definition) is 8. The molecule has 168 valence electrons. The molecule has 1 heterocycles. The number of carbonyl (C=O) groups is 3. The molecule has 0 aromatic carbocycles. The zero-order chi connectivity index (χ0) is 22.1. The Kier molecular flexibility index (Phi) is 10.8. The van der Waals surface area contributed by atoms with Gasteiger partial charge in [0.15, 0.2) is 11.2 Å². The molecule has 1 rings (SSSR count). The summed E-state index contributed by atoms with van der Waals surface area (Å²) in [6.45, 7) is 9.82. The van der Waals surface area contributed by atoms with Gasteiger partial charge >= 0.3 is 7.82 Å². The van der Waals surface area contributed by atoms with Gasteiger partial charge in [0.1, 0.15) is 0 Å². The first kappa shape index (κ1) is 26.1. The number of phosphoric acid groups is 1. The van der Waals surface area contributed by atoms with Gasteiger partial charge in [-0.2, -0.15) is 0 Å². The molecule has 0 radical (unpaired) electrons. The number of phosphoric ester groups is 1. The van der Waals surface area contributed by atoms with Crippen molar-refractivity contribution < 1.29 is 32.5 Å². The van der Waals surface area contributed by atoms with Gasteiger partial charge in [-0.3, -0.25) is 28.0 Å². The second-order valence-electron chi connectivity index (χ2n) is 7.82. The van der Waals surface area contributed by atoms with Gasteiger partial charge in [0.25, 0.3) is 0 Å². The Morgan fingerprint density at radius 1 is 1.24 bits per heavy atom. The second-order valence-corrected chi connectivity index (χ2v) is 10.6. The predicted octanol–water partition coefficient (Wildman–Crippen LogP) is 2.50. The summed E-state index contributed by atoms with van der Waals surface area (Å²) in [7, 11) is -3.76. The highest BCUT2D eigenvalue weighted by molar-refractivity contribution is 8.13. The molecule has 0 aliphatic carbocycles. The zero-order valence-electron chi connectivity index (χ0n) is 17.8. The highest BCUT2D eigenvalue weighted by Gasteiger charge is 2.48. The minimum absolute atomic E-state index is 0.0516. The summed E-state index contributed by atoms with van der Waals surface area (Å²) in [6.07, 6.45) is -0.408. The van der Waals surface area contributed by atoms with Crippen LogP contribution in [0.1, 0.15) is 47.5 Å². The highest BCUT2D eigenvalue weighted by atomic mass is 32.2. The number of rotatable bonds is 11. The number of hydrogen-bond donors (Lipinski definition) is 2. The molecule has 1 fully saturated rings. The standard InChI is InChI=1S/C18H33N2O7PS/c1-6-25-28(24)26-12-18(4,5)16(27-28)17(23)20-8-7-14(21)19-9-10-29-15(22)11-13(2)3/h13,16H,6-12H2,1-5H3,(H,19,21)(H,20,23)/t16-,28?/m0/s1. The van der Waals surface area contributed by atoms with Crippen molar-refractivity contribution in [2.24, 2.45) is 11.3 Å². The summed E-state index contributed by atoms with van der Waals surface area (Å²) in [4.78, 5) is 35.9. The van der Waals surface area contributed by atoms with Crippen molar-refractivity contribution in [3.05, 3.63) is 0 Å². The van der Waals surface area contributed by atoms with Crippen LogP contribution in [0.15, 0.2) is 0 Å². The number of carbonyl (C=O) groups excluding carboxylic acids is 3. The van der Waals surface area contributed by atoms with E-state index in [4.69, 9.17) is 13.6 Å². The predicted molar refractivity (Wildman–Crippen MR) is 111 cm³/mol. The molecular weight excluding hydrogens is 419 g/mol. The molecule has 0 aromatic rings. The summed E-state index contributed by atoms with van der Waals surface area (Å²) in [5.41, 5.74) is -0.697. The molecule has 1 aliphatic heterocycles. The monoisotopic (exact) mass is 452 g/mol. The average molecular weight is 453 g/mol. The summed E-state index contributed by atoms with van der Waals surface area (Å²) < 4.78 is 27.9. The van der Waals surface area contributed by atoms with Crippen LogP contribution in [0, 0.1) is 11.3 Å². The van der Waals surface area contributed by atoms with Crippen molar-refractivity contribution in [3.8, 4) is 0 Å². The molecule has 2 amide bonds. The van der Waals surface area contributed by atoms with Crippen LogP contribution in [0.3, 0.4) is 0 Å². The third kappa shape index (κ3) is 9.61. The first-order chi connectivity index (χ1) is 13.5. The first-order valence-corrected chi connectivity index (χ1v) is 12.2. The lowest BCUT2D eigenvalue weighted by molar-refractivity contribution is -0.141. The van der Waals surface area contributed by atoms with Crippen molar-refractivity contribution in [2.45, 2.75) is 53.6 Å². The lowest BCUT2D eigenvalue weighted by Crippen LogP contribution is -2.50. The maximum atomic E-state index is 12.5. The molecule has 1 aliphatic rings. The van der Waals surface area contributed by atoms with E-state index in [0.29, 0.717) is 24.6 Å². The van der Waals surface area contributed by atoms with Crippen molar-refractivity contribution in [1.29, 1.82) is 0 Å². The Bertz CT molecular complexity index is 627. The normalized spacial score (nSPS) is 23.6. The molecule has 11 heteroatoms. The van der Waals surface area contributed by atoms with Crippen LogP contribution < -0.4 is 10.6 Å². The highest BCUT2D eigenvalue weighted by Crippen LogP contribution is 2.56. The van der Waals surface area contributed by atoms with Gasteiger partial charge in [0, 0.05) is 37.1 Å². The Morgan fingerprint density at radius 3 is 2.55 bits per heavy atom. The quantitative estimate of drug-likeness (QED) is 0.362. The Balaban J connectivity index is 2.33. The van der Waals surface area contributed by atoms with E-state index < -0.39 is 25.2 Å². The average Bonchev–Trinajstić information content (AvgIpc) is 2.61. The molecule has 29 heavy (non-hydrogen) atoms. The molecule has 0 saturated carbocycles. The molecular formula is C18H33N2O7PS. The van der Waals surface area contributed by atoms with Crippen LogP contribution in [-0.2, 0) is 32.5 Å². The van der Waals surface area contributed by atoms with Gasteiger partial charge in [0.2, 0.25) is 11.8 Å². The Hall–Kier alpha value is -0.930. The van der Waals surface area contributed by atoms with E-state index in [9.17, 15) is 18.9 Å². The molecule has 2 N–H and O–H groups in total. The maximum Gasteiger partial charge on any atom is 0.475 e. The summed E-state index contributed by atoms with van der Waals surface area (Å²) in [5, 5.41) is 5.46. The maximum absolute atomic E-state index is 12.5. The van der Waals surface area contributed by atoms with Crippen molar-refractivity contribution in [1.82, 2.24) is 10.6 Å². The van der Waals surface area contributed by atoms with Crippen LogP contribution in [0.5, 0.6) is 0 Å². The minimum Gasteiger partial charge on any atom is -0.355 e. The second kappa shape index (κ2) is 12.1. The van der Waals surface area contributed by atoms with Crippen LogP contribution in [0.2, 0.25) is 0 Å². The summed E-state index contributed by atoms with van der Waals surface area (Å²) in [5.74, 6) is 0.135. The fraction of sp³-hybridized carbons (Fsp3) is 0.833. The van der Waals surface area contributed by atoms with E-state index in [2.05, 4.69) is 10.6 Å². The molecule has 1 unspecified atom stereocenters. The van der Waals surface area contributed by atoms with Gasteiger partial charge in [-0.1, -0.05) is 39.5 Å². The van der Waals surface area contributed by atoms with E-state index in [1.54, 1.807) is 20.8 Å². The summed E-state index contributed by atoms with van der Waals surface area (Å²) in [6, 6.07) is 0. The van der Waals surface area contributed by atoms with Gasteiger partial charge in [-0.15, -0.1) is 0 Å². The SMILES string of the molecule is CCOP1(=O)OCC(C)(C)[C@H](C(=O)NCCC(=O)NCCSC(=O)CC(C)C)O1. The lowest BCUT2D eigenvalue weighted by atomic mass is 9.87. The molecule has 1 saturated heterocycles. The number of nitrogens with one attached hydrogen (secondary N) is 2. The molecule has 2 atom stereocenters. The smallest absolute Gasteiger partial charge is 0.355 e. The lowest BCUT2D eigenvalue weighted by Gasteiger charge is -2.39. The summed E-state index contributed by atoms with van der Waals surface area (Å²) >= 11 is 1.21. The number of thioether (sulfide) groups is 1. The minimum atomic E-state index is -3.76. The van der Waals surface area contributed by atoms with Gasteiger partial charge in [0.05, 0.1) is 13.2 Å². The van der Waals surface area contributed by atoms with Crippen LogP contribution in [-0.4, -0.2) is 55.1 Å².